The summed E-state index contributed by atoms with van der Waals surface area (Å²) in [4.78, 5) is 0. The third-order valence-corrected chi connectivity index (χ3v) is 2.91. The molecule has 0 atom stereocenters. The molecule has 0 bridgehead atoms. The van der Waals surface area contributed by atoms with E-state index in [1.165, 1.54) is 0 Å². The number of nitrogen functional groups attached to an aromatic ring is 1. The summed E-state index contributed by atoms with van der Waals surface area (Å²) >= 11 is 5.88. The van der Waals surface area contributed by atoms with E-state index in [1.807, 2.05) is 13.0 Å². The minimum absolute atomic E-state index is 0.159. The molecule has 2 N–H and O–H groups in total. The van der Waals surface area contributed by atoms with Gasteiger partial charge >= 0.3 is 0 Å². The van der Waals surface area contributed by atoms with Gasteiger partial charge in [-0.15, -0.1) is 0 Å². The van der Waals surface area contributed by atoms with Crippen LogP contribution in [0.5, 0.6) is 0 Å². The van der Waals surface area contributed by atoms with E-state index in [2.05, 4.69) is 0 Å². The molecule has 0 fully saturated rings. The molecule has 2 rings (SSSR count). The fraction of sp³-hybridized carbons (Fsp3) is 0.0769. The monoisotopic (exact) mass is 253 g/mol. The molecule has 2 aromatic carbocycles. The fourth-order valence-corrected chi connectivity index (χ4v) is 1.81. The van der Waals surface area contributed by atoms with E-state index in [9.17, 15) is 8.78 Å². The Morgan fingerprint density at radius 2 is 1.71 bits per heavy atom. The minimum Gasteiger partial charge on any atom is -0.398 e. The second-order valence-electron chi connectivity index (χ2n) is 3.82. The van der Waals surface area contributed by atoms with Crippen LogP contribution >= 0.6 is 11.6 Å². The van der Waals surface area contributed by atoms with E-state index in [0.29, 0.717) is 16.8 Å². The van der Waals surface area contributed by atoms with Crippen LogP contribution in [0.3, 0.4) is 0 Å². The topological polar surface area (TPSA) is 26.0 Å². The Balaban J connectivity index is 2.60. The number of anilines is 1. The summed E-state index contributed by atoms with van der Waals surface area (Å²) in [5, 5.41) is 0.159. The standard InChI is InChI=1S/C13H10ClF2N/c1-7-2-3-8(4-13(7)17)9-5-11(15)12(16)6-10(9)14/h2-6H,17H2,1H3. The van der Waals surface area contributed by atoms with Crippen molar-refractivity contribution in [1.29, 1.82) is 0 Å². The zero-order valence-electron chi connectivity index (χ0n) is 9.10. The Morgan fingerprint density at radius 1 is 1.06 bits per heavy atom. The molecule has 88 valence electrons. The van der Waals surface area contributed by atoms with Crippen molar-refractivity contribution in [2.24, 2.45) is 0 Å². The Bertz CT molecular complexity index is 582. The average molecular weight is 254 g/mol. The summed E-state index contributed by atoms with van der Waals surface area (Å²) in [6.07, 6.45) is 0. The van der Waals surface area contributed by atoms with Crippen molar-refractivity contribution in [2.45, 2.75) is 6.92 Å². The highest BCUT2D eigenvalue weighted by Crippen LogP contribution is 2.31. The summed E-state index contributed by atoms with van der Waals surface area (Å²) in [6, 6.07) is 7.30. The van der Waals surface area contributed by atoms with Gasteiger partial charge in [-0.05, 0) is 36.2 Å². The smallest absolute Gasteiger partial charge is 0.160 e. The van der Waals surface area contributed by atoms with Crippen LogP contribution in [0.1, 0.15) is 5.56 Å². The molecule has 0 heterocycles. The molecular weight excluding hydrogens is 244 g/mol. The quantitative estimate of drug-likeness (QED) is 0.599. The molecule has 0 aliphatic carbocycles. The van der Waals surface area contributed by atoms with Gasteiger partial charge in [-0.25, -0.2) is 8.78 Å². The molecule has 0 unspecified atom stereocenters. The van der Waals surface area contributed by atoms with Crippen molar-refractivity contribution in [2.75, 3.05) is 5.73 Å². The molecule has 0 aromatic heterocycles. The largest absolute Gasteiger partial charge is 0.398 e. The summed E-state index contributed by atoms with van der Waals surface area (Å²) < 4.78 is 26.1. The van der Waals surface area contributed by atoms with Gasteiger partial charge in [0, 0.05) is 11.3 Å². The van der Waals surface area contributed by atoms with Crippen molar-refractivity contribution in [3.05, 3.63) is 52.6 Å². The summed E-state index contributed by atoms with van der Waals surface area (Å²) in [5.41, 5.74) is 8.37. The molecule has 0 saturated heterocycles. The van der Waals surface area contributed by atoms with Crippen molar-refractivity contribution in [3.63, 3.8) is 0 Å². The molecule has 1 nitrogen and oxygen atoms in total. The summed E-state index contributed by atoms with van der Waals surface area (Å²) in [6.45, 7) is 1.87. The Hall–Kier alpha value is -1.61. The highest BCUT2D eigenvalue weighted by molar-refractivity contribution is 6.33. The van der Waals surface area contributed by atoms with Gasteiger partial charge in [0.15, 0.2) is 11.6 Å². The maximum atomic E-state index is 13.2. The van der Waals surface area contributed by atoms with Crippen molar-refractivity contribution < 1.29 is 8.78 Å². The number of benzene rings is 2. The van der Waals surface area contributed by atoms with E-state index in [4.69, 9.17) is 17.3 Å². The SMILES string of the molecule is Cc1ccc(-c2cc(F)c(F)cc2Cl)cc1N. The first-order chi connectivity index (χ1) is 7.99. The molecule has 0 amide bonds. The molecule has 17 heavy (non-hydrogen) atoms. The maximum Gasteiger partial charge on any atom is 0.160 e. The van der Waals surface area contributed by atoms with E-state index in [1.54, 1.807) is 12.1 Å². The van der Waals surface area contributed by atoms with E-state index in [-0.39, 0.29) is 5.02 Å². The zero-order chi connectivity index (χ0) is 12.6. The van der Waals surface area contributed by atoms with Crippen LogP contribution in [-0.4, -0.2) is 0 Å². The van der Waals surface area contributed by atoms with Crippen LogP contribution in [0.2, 0.25) is 5.02 Å². The molecule has 0 aliphatic rings. The van der Waals surface area contributed by atoms with Gasteiger partial charge in [0.2, 0.25) is 0 Å². The number of hydrogen-bond donors (Lipinski definition) is 1. The van der Waals surface area contributed by atoms with Crippen LogP contribution < -0.4 is 5.73 Å². The van der Waals surface area contributed by atoms with Crippen molar-refractivity contribution in [1.82, 2.24) is 0 Å². The molecule has 0 radical (unpaired) electrons. The Kier molecular flexibility index (Phi) is 3.03. The second kappa shape index (κ2) is 4.34. The Morgan fingerprint density at radius 3 is 2.35 bits per heavy atom. The number of hydrogen-bond acceptors (Lipinski definition) is 1. The van der Waals surface area contributed by atoms with Gasteiger partial charge in [-0.1, -0.05) is 23.7 Å². The predicted octanol–water partition coefficient (Wildman–Crippen LogP) is 4.18. The molecule has 0 aliphatic heterocycles. The maximum absolute atomic E-state index is 13.2. The van der Waals surface area contributed by atoms with Crippen LogP contribution in [0.4, 0.5) is 14.5 Å². The number of halogens is 3. The van der Waals surface area contributed by atoms with Crippen LogP contribution in [0, 0.1) is 18.6 Å². The van der Waals surface area contributed by atoms with E-state index >= 15 is 0 Å². The van der Waals surface area contributed by atoms with Gasteiger partial charge in [-0.2, -0.15) is 0 Å². The lowest BCUT2D eigenvalue weighted by atomic mass is 10.0. The van der Waals surface area contributed by atoms with Gasteiger partial charge in [-0.3, -0.25) is 0 Å². The highest BCUT2D eigenvalue weighted by Gasteiger charge is 2.10. The van der Waals surface area contributed by atoms with E-state index < -0.39 is 11.6 Å². The third-order valence-electron chi connectivity index (χ3n) is 2.60. The highest BCUT2D eigenvalue weighted by atomic mass is 35.5. The normalized spacial score (nSPS) is 10.6. The van der Waals surface area contributed by atoms with Gasteiger partial charge in [0.05, 0.1) is 5.02 Å². The molecule has 4 heteroatoms. The third kappa shape index (κ3) is 2.24. The lowest BCUT2D eigenvalue weighted by molar-refractivity contribution is 0.509. The Labute approximate surface area is 103 Å². The summed E-state index contributed by atoms with van der Waals surface area (Å²) in [5.74, 6) is -1.89. The molecule has 0 saturated carbocycles. The predicted molar refractivity (Wildman–Crippen MR) is 66.0 cm³/mol. The first-order valence-corrected chi connectivity index (χ1v) is 5.38. The fourth-order valence-electron chi connectivity index (χ4n) is 1.55. The lowest BCUT2D eigenvalue weighted by Crippen LogP contribution is -1.92. The molecule has 0 spiro atoms. The van der Waals surface area contributed by atoms with Gasteiger partial charge in [0.1, 0.15) is 0 Å². The van der Waals surface area contributed by atoms with E-state index in [0.717, 1.165) is 17.7 Å². The van der Waals surface area contributed by atoms with Crippen LogP contribution in [-0.2, 0) is 0 Å². The molecular formula is C13H10ClF2N. The number of rotatable bonds is 1. The van der Waals surface area contributed by atoms with Crippen molar-refractivity contribution >= 4 is 17.3 Å². The minimum atomic E-state index is -0.959. The number of nitrogens with two attached hydrogens (primary N) is 1. The van der Waals surface area contributed by atoms with Gasteiger partial charge in [0.25, 0.3) is 0 Å². The molecule has 2 aromatic rings. The lowest BCUT2D eigenvalue weighted by Gasteiger charge is -2.08. The van der Waals surface area contributed by atoms with Gasteiger partial charge < -0.3 is 5.73 Å². The first-order valence-electron chi connectivity index (χ1n) is 5.00. The number of aryl methyl sites for hydroxylation is 1. The second-order valence-corrected chi connectivity index (χ2v) is 4.22. The zero-order valence-corrected chi connectivity index (χ0v) is 9.85. The first kappa shape index (κ1) is 11.9. The average Bonchev–Trinajstić information content (AvgIpc) is 2.27. The van der Waals surface area contributed by atoms with Crippen LogP contribution in [0.15, 0.2) is 30.3 Å². The van der Waals surface area contributed by atoms with Crippen LogP contribution in [0.25, 0.3) is 11.1 Å². The van der Waals surface area contributed by atoms with Crippen molar-refractivity contribution in [3.8, 4) is 11.1 Å². The summed E-state index contributed by atoms with van der Waals surface area (Å²) in [7, 11) is 0.